The van der Waals surface area contributed by atoms with E-state index in [2.05, 4.69) is 10.3 Å². The molecular formula is C15H17ClN2O. The van der Waals surface area contributed by atoms with Gasteiger partial charge in [-0.2, -0.15) is 0 Å². The normalized spacial score (nSPS) is 10.5. The lowest BCUT2D eigenvalue weighted by atomic mass is 10.2. The molecule has 0 fully saturated rings. The van der Waals surface area contributed by atoms with Crippen LogP contribution in [0.2, 0.25) is 5.02 Å². The van der Waals surface area contributed by atoms with Crippen LogP contribution in [-0.4, -0.2) is 12.0 Å². The van der Waals surface area contributed by atoms with Gasteiger partial charge in [-0.25, -0.2) is 0 Å². The molecule has 0 amide bonds. The summed E-state index contributed by atoms with van der Waals surface area (Å²) in [6.07, 6.45) is 0. The van der Waals surface area contributed by atoms with Crippen LogP contribution in [0.15, 0.2) is 36.4 Å². The molecule has 1 N–H and O–H groups in total. The largest absolute Gasteiger partial charge is 0.487 e. The number of ether oxygens (including phenoxy) is 1. The number of hydrogen-bond acceptors (Lipinski definition) is 3. The van der Waals surface area contributed by atoms with Crippen LogP contribution in [0, 0.1) is 6.92 Å². The Balaban J connectivity index is 2.10. The average Bonchev–Trinajstić information content (AvgIpc) is 2.38. The zero-order chi connectivity index (χ0) is 13.7. The fraction of sp³-hybridized carbons (Fsp3) is 0.267. The lowest BCUT2D eigenvalue weighted by Gasteiger charge is -2.11. The molecule has 0 atom stereocenters. The quantitative estimate of drug-likeness (QED) is 0.909. The molecule has 1 aromatic heterocycles. The molecule has 0 spiro atoms. The van der Waals surface area contributed by atoms with Crippen molar-refractivity contribution in [1.29, 1.82) is 0 Å². The Bertz CT molecular complexity index is 558. The highest BCUT2D eigenvalue weighted by Crippen LogP contribution is 2.19. The highest BCUT2D eigenvalue weighted by atomic mass is 35.5. The number of aryl methyl sites for hydroxylation is 1. The van der Waals surface area contributed by atoms with E-state index < -0.39 is 0 Å². The third-order valence-electron chi connectivity index (χ3n) is 2.70. The van der Waals surface area contributed by atoms with Crippen molar-refractivity contribution in [3.8, 4) is 5.75 Å². The molecule has 19 heavy (non-hydrogen) atoms. The van der Waals surface area contributed by atoms with Crippen LogP contribution in [0.4, 0.5) is 0 Å². The first-order valence-corrected chi connectivity index (χ1v) is 6.55. The van der Waals surface area contributed by atoms with Crippen molar-refractivity contribution in [2.45, 2.75) is 20.1 Å². The highest BCUT2D eigenvalue weighted by Gasteiger charge is 2.05. The predicted molar refractivity (Wildman–Crippen MR) is 77.5 cm³/mol. The molecule has 0 bridgehead atoms. The summed E-state index contributed by atoms with van der Waals surface area (Å²) in [5.74, 6) is 0.805. The maximum atomic E-state index is 5.95. The number of benzene rings is 1. The molecule has 1 aromatic carbocycles. The van der Waals surface area contributed by atoms with Gasteiger partial charge in [-0.15, -0.1) is 0 Å². The van der Waals surface area contributed by atoms with E-state index in [1.54, 1.807) is 0 Å². The summed E-state index contributed by atoms with van der Waals surface area (Å²) in [5.41, 5.74) is 2.95. The van der Waals surface area contributed by atoms with Crippen molar-refractivity contribution in [3.05, 3.63) is 58.4 Å². The molecule has 2 aromatic rings. The number of nitrogens with one attached hydrogen (secondary N) is 1. The Morgan fingerprint density at radius 2 is 2.11 bits per heavy atom. The number of nitrogens with zero attached hydrogens (tertiary/aromatic N) is 1. The van der Waals surface area contributed by atoms with E-state index >= 15 is 0 Å². The lowest BCUT2D eigenvalue weighted by Crippen LogP contribution is -2.10. The van der Waals surface area contributed by atoms with Crippen LogP contribution < -0.4 is 10.1 Å². The Hall–Kier alpha value is -1.58. The minimum Gasteiger partial charge on any atom is -0.487 e. The zero-order valence-electron chi connectivity index (χ0n) is 11.1. The zero-order valence-corrected chi connectivity index (χ0v) is 11.9. The number of rotatable bonds is 5. The van der Waals surface area contributed by atoms with E-state index in [1.807, 2.05) is 50.4 Å². The van der Waals surface area contributed by atoms with E-state index in [1.165, 1.54) is 0 Å². The molecule has 0 aliphatic rings. The van der Waals surface area contributed by atoms with Crippen LogP contribution in [0.25, 0.3) is 0 Å². The Morgan fingerprint density at radius 1 is 1.26 bits per heavy atom. The topological polar surface area (TPSA) is 34.2 Å². The summed E-state index contributed by atoms with van der Waals surface area (Å²) in [6, 6.07) is 11.6. The smallest absolute Gasteiger partial charge is 0.142 e. The molecule has 0 saturated heterocycles. The van der Waals surface area contributed by atoms with Crippen LogP contribution in [0.5, 0.6) is 5.75 Å². The van der Waals surface area contributed by atoms with Gasteiger partial charge >= 0.3 is 0 Å². The highest BCUT2D eigenvalue weighted by molar-refractivity contribution is 6.30. The van der Waals surface area contributed by atoms with E-state index in [9.17, 15) is 0 Å². The summed E-state index contributed by atoms with van der Waals surface area (Å²) < 4.78 is 5.82. The SMILES string of the molecule is CNCc1nc(C)ccc1OCc1cccc(Cl)c1. The Morgan fingerprint density at radius 3 is 2.84 bits per heavy atom. The lowest BCUT2D eigenvalue weighted by molar-refractivity contribution is 0.300. The van der Waals surface area contributed by atoms with Gasteiger partial charge in [0.1, 0.15) is 12.4 Å². The molecule has 3 nitrogen and oxygen atoms in total. The number of aromatic nitrogens is 1. The second kappa shape index (κ2) is 6.55. The van der Waals surface area contributed by atoms with Crippen LogP contribution in [0.1, 0.15) is 17.0 Å². The molecule has 2 rings (SSSR count). The first kappa shape index (κ1) is 13.8. The molecule has 0 saturated carbocycles. The molecule has 0 radical (unpaired) electrons. The fourth-order valence-corrected chi connectivity index (χ4v) is 2.02. The van der Waals surface area contributed by atoms with Crippen molar-refractivity contribution < 1.29 is 4.74 Å². The Labute approximate surface area is 118 Å². The predicted octanol–water partition coefficient (Wildman–Crippen LogP) is 3.34. The van der Waals surface area contributed by atoms with Gasteiger partial charge in [0.15, 0.2) is 0 Å². The second-order valence-corrected chi connectivity index (χ2v) is 4.78. The molecule has 100 valence electrons. The fourth-order valence-electron chi connectivity index (χ4n) is 1.81. The van der Waals surface area contributed by atoms with Gasteiger partial charge in [0.2, 0.25) is 0 Å². The van der Waals surface area contributed by atoms with Gasteiger partial charge in [0.05, 0.1) is 5.69 Å². The minimum atomic E-state index is 0.488. The van der Waals surface area contributed by atoms with Gasteiger partial charge in [-0.05, 0) is 43.8 Å². The van der Waals surface area contributed by atoms with E-state index in [0.29, 0.717) is 13.2 Å². The van der Waals surface area contributed by atoms with Gasteiger partial charge in [-0.3, -0.25) is 4.98 Å². The first-order valence-electron chi connectivity index (χ1n) is 6.17. The molecule has 0 aliphatic heterocycles. The second-order valence-electron chi connectivity index (χ2n) is 4.35. The van der Waals surface area contributed by atoms with Crippen molar-refractivity contribution in [2.24, 2.45) is 0 Å². The van der Waals surface area contributed by atoms with Gasteiger partial charge in [-0.1, -0.05) is 23.7 Å². The average molecular weight is 277 g/mol. The third-order valence-corrected chi connectivity index (χ3v) is 2.93. The monoisotopic (exact) mass is 276 g/mol. The van der Waals surface area contributed by atoms with Crippen LogP contribution in [-0.2, 0) is 13.2 Å². The van der Waals surface area contributed by atoms with Crippen molar-refractivity contribution in [1.82, 2.24) is 10.3 Å². The molecule has 0 unspecified atom stereocenters. The molecule has 1 heterocycles. The summed E-state index contributed by atoms with van der Waals surface area (Å²) in [6.45, 7) is 3.15. The number of halogens is 1. The maximum Gasteiger partial charge on any atom is 0.142 e. The summed E-state index contributed by atoms with van der Waals surface area (Å²) >= 11 is 5.95. The molecular weight excluding hydrogens is 260 g/mol. The van der Waals surface area contributed by atoms with Gasteiger partial charge in [0.25, 0.3) is 0 Å². The van der Waals surface area contributed by atoms with E-state index in [0.717, 1.165) is 27.7 Å². The minimum absolute atomic E-state index is 0.488. The van der Waals surface area contributed by atoms with E-state index in [-0.39, 0.29) is 0 Å². The van der Waals surface area contributed by atoms with Crippen molar-refractivity contribution >= 4 is 11.6 Å². The molecule has 4 heteroatoms. The third kappa shape index (κ3) is 3.94. The van der Waals surface area contributed by atoms with Crippen LogP contribution >= 0.6 is 11.6 Å². The van der Waals surface area contributed by atoms with Gasteiger partial charge < -0.3 is 10.1 Å². The van der Waals surface area contributed by atoms with Gasteiger partial charge in [0, 0.05) is 17.3 Å². The standard InChI is InChI=1S/C15H17ClN2O/c1-11-6-7-15(14(18-11)9-17-2)19-10-12-4-3-5-13(16)8-12/h3-8,17H,9-10H2,1-2H3. The van der Waals surface area contributed by atoms with E-state index in [4.69, 9.17) is 16.3 Å². The molecule has 0 aliphatic carbocycles. The van der Waals surface area contributed by atoms with Crippen molar-refractivity contribution in [2.75, 3.05) is 7.05 Å². The van der Waals surface area contributed by atoms with Crippen molar-refractivity contribution in [3.63, 3.8) is 0 Å². The first-order chi connectivity index (χ1) is 9.19. The summed E-state index contributed by atoms with van der Waals surface area (Å²) in [4.78, 5) is 4.48. The number of pyridine rings is 1. The Kier molecular flexibility index (Phi) is 4.77. The van der Waals surface area contributed by atoms with Crippen LogP contribution in [0.3, 0.4) is 0 Å². The maximum absolute atomic E-state index is 5.95. The summed E-state index contributed by atoms with van der Waals surface area (Å²) in [7, 11) is 1.89. The summed E-state index contributed by atoms with van der Waals surface area (Å²) in [5, 5.41) is 3.82. The number of hydrogen-bond donors (Lipinski definition) is 1.